The third-order valence-corrected chi connectivity index (χ3v) is 10.2. The second-order valence-electron chi connectivity index (χ2n) is 14.8. The zero-order chi connectivity index (χ0) is 39.4. The predicted molar refractivity (Wildman–Crippen MR) is 214 cm³/mol. The van der Waals surface area contributed by atoms with Crippen LogP contribution >= 0.6 is 0 Å². The van der Waals surface area contributed by atoms with Gasteiger partial charge in [0.2, 0.25) is 0 Å². The average molecular weight is 766 g/mol. The van der Waals surface area contributed by atoms with Crippen molar-refractivity contribution in [2.24, 2.45) is 5.73 Å². The van der Waals surface area contributed by atoms with Gasteiger partial charge in [-0.3, -0.25) is 14.1 Å². The Hall–Kier alpha value is -1.27. The lowest BCUT2D eigenvalue weighted by Gasteiger charge is -2.34. The topological polar surface area (TPSA) is 162 Å². The molecular formula is C41H83NO9S. The van der Waals surface area contributed by atoms with Crippen LogP contribution in [0.2, 0.25) is 0 Å². The second-order valence-corrected chi connectivity index (χ2v) is 15.9. The van der Waals surface area contributed by atoms with E-state index < -0.39 is 28.2 Å². The van der Waals surface area contributed by atoms with Gasteiger partial charge in [-0.1, -0.05) is 168 Å². The highest BCUT2D eigenvalue weighted by Gasteiger charge is 2.37. The maximum Gasteiger partial charge on any atom is 0.397 e. The van der Waals surface area contributed by atoms with Gasteiger partial charge in [-0.15, -0.1) is 0 Å². The van der Waals surface area contributed by atoms with Gasteiger partial charge in [-0.25, -0.2) is 4.18 Å². The van der Waals surface area contributed by atoms with Crippen LogP contribution in [0.3, 0.4) is 0 Å². The highest BCUT2D eigenvalue weighted by atomic mass is 32.3. The molecule has 0 saturated heterocycles. The number of esters is 2. The molecule has 0 aromatic heterocycles. The molecule has 0 fully saturated rings. The van der Waals surface area contributed by atoms with Crippen LogP contribution in [-0.2, 0) is 33.6 Å². The minimum Gasteiger partial charge on any atom is -0.463 e. The summed E-state index contributed by atoms with van der Waals surface area (Å²) in [5, 5.41) is 11.1. The van der Waals surface area contributed by atoms with E-state index in [4.69, 9.17) is 19.8 Å². The monoisotopic (exact) mass is 766 g/mol. The Kier molecular flexibility index (Phi) is 37.3. The molecule has 11 heteroatoms. The first-order chi connectivity index (χ1) is 24.8. The number of nitrogens with two attached hydrogens (primary N) is 1. The molecule has 0 saturated carbocycles. The zero-order valence-corrected chi connectivity index (χ0v) is 35.1. The normalized spacial score (nSPS) is 13.8. The lowest BCUT2D eigenvalue weighted by Crippen LogP contribution is -2.51. The van der Waals surface area contributed by atoms with Crippen molar-refractivity contribution in [1.29, 1.82) is 0 Å². The molecule has 0 aromatic rings. The summed E-state index contributed by atoms with van der Waals surface area (Å²) in [5.41, 5.74) is 4.47. The van der Waals surface area contributed by atoms with E-state index >= 15 is 0 Å². The third kappa shape index (κ3) is 37.1. The summed E-state index contributed by atoms with van der Waals surface area (Å²) in [6.07, 6.45) is 32.4. The Labute approximate surface area is 320 Å². The fourth-order valence-electron chi connectivity index (χ4n) is 6.33. The van der Waals surface area contributed by atoms with Gasteiger partial charge in [-0.2, -0.15) is 8.42 Å². The molecule has 0 aromatic carbocycles. The maximum atomic E-state index is 12.4. The molecule has 0 aliphatic heterocycles. The van der Waals surface area contributed by atoms with Crippen molar-refractivity contribution in [3.63, 3.8) is 0 Å². The number of rotatable bonds is 36. The van der Waals surface area contributed by atoms with Gasteiger partial charge >= 0.3 is 22.3 Å². The largest absolute Gasteiger partial charge is 0.463 e. The molecule has 52 heavy (non-hydrogen) atoms. The smallest absolute Gasteiger partial charge is 0.397 e. The van der Waals surface area contributed by atoms with Gasteiger partial charge in [0.15, 0.2) is 0 Å². The van der Waals surface area contributed by atoms with Crippen molar-refractivity contribution < 1.29 is 41.3 Å². The van der Waals surface area contributed by atoms with Crippen LogP contribution in [0.1, 0.15) is 221 Å². The van der Waals surface area contributed by atoms with Crippen molar-refractivity contribution in [3.8, 4) is 0 Å². The van der Waals surface area contributed by atoms with Gasteiger partial charge in [0.05, 0.1) is 6.61 Å². The van der Waals surface area contributed by atoms with E-state index in [1.54, 1.807) is 13.8 Å². The van der Waals surface area contributed by atoms with Gasteiger partial charge < -0.3 is 20.3 Å². The minimum atomic E-state index is -4.17. The first-order valence-corrected chi connectivity index (χ1v) is 22.6. The molecule has 0 amide bonds. The predicted octanol–water partition coefficient (Wildman–Crippen LogP) is 10.7. The molecular weight excluding hydrogens is 683 g/mol. The molecule has 0 heterocycles. The highest BCUT2D eigenvalue weighted by Crippen LogP contribution is 2.23. The number of ether oxygens (including phenoxy) is 2. The Balaban J connectivity index is 0. The second kappa shape index (κ2) is 36.7. The molecule has 0 aliphatic rings. The first kappa shape index (κ1) is 52.8. The van der Waals surface area contributed by atoms with Gasteiger partial charge in [0.25, 0.3) is 0 Å². The summed E-state index contributed by atoms with van der Waals surface area (Å²) in [5.74, 6) is -0.540. The molecule has 3 unspecified atom stereocenters. The van der Waals surface area contributed by atoms with E-state index in [0.29, 0.717) is 12.8 Å². The van der Waals surface area contributed by atoms with Crippen LogP contribution in [0.4, 0.5) is 0 Å². The Bertz CT molecular complexity index is 918. The van der Waals surface area contributed by atoms with Crippen LogP contribution in [0.5, 0.6) is 0 Å². The van der Waals surface area contributed by atoms with Gasteiger partial charge in [-0.05, 0) is 33.6 Å². The van der Waals surface area contributed by atoms with Crippen molar-refractivity contribution in [1.82, 2.24) is 0 Å². The van der Waals surface area contributed by atoms with Crippen LogP contribution in [0, 0.1) is 0 Å². The lowest BCUT2D eigenvalue weighted by molar-refractivity contribution is -0.170. The summed E-state index contributed by atoms with van der Waals surface area (Å²) in [4.78, 5) is 24.8. The number of carbonyl (C=O) groups is 2. The number of unbranched alkanes of at least 4 members (excludes halogenated alkanes) is 24. The van der Waals surface area contributed by atoms with Crippen LogP contribution < -0.4 is 5.73 Å². The van der Waals surface area contributed by atoms with Crippen molar-refractivity contribution >= 4 is 22.3 Å². The zero-order valence-electron chi connectivity index (χ0n) is 34.3. The average Bonchev–Trinajstić information content (AvgIpc) is 3.08. The molecule has 312 valence electrons. The van der Waals surface area contributed by atoms with E-state index in [9.17, 15) is 23.1 Å². The molecule has 4 N–H and O–H groups in total. The summed E-state index contributed by atoms with van der Waals surface area (Å²) in [6, 6.07) is 0. The summed E-state index contributed by atoms with van der Waals surface area (Å²) in [7, 11) is -4.17. The van der Waals surface area contributed by atoms with Crippen LogP contribution in [0.25, 0.3) is 0 Å². The van der Waals surface area contributed by atoms with Crippen molar-refractivity contribution in [3.05, 3.63) is 0 Å². The number of aliphatic hydroxyl groups is 1. The number of carbonyl (C=O) groups excluding carboxylic acids is 2. The summed E-state index contributed by atoms with van der Waals surface area (Å²) < 4.78 is 41.8. The molecule has 0 rings (SSSR count). The highest BCUT2D eigenvalue weighted by molar-refractivity contribution is 7.80. The van der Waals surface area contributed by atoms with Crippen molar-refractivity contribution in [2.45, 2.75) is 239 Å². The van der Waals surface area contributed by atoms with Crippen LogP contribution in [-0.4, -0.2) is 61.0 Å². The lowest BCUT2D eigenvalue weighted by atomic mass is 9.91. The molecule has 10 nitrogen and oxygen atoms in total. The Morgan fingerprint density at radius 2 is 0.885 bits per heavy atom. The number of hydrogen-bond acceptors (Lipinski definition) is 9. The Morgan fingerprint density at radius 1 is 0.577 bits per heavy atom. The molecule has 0 bridgehead atoms. The fraction of sp³-hybridized carbons (Fsp3) is 0.951. The third-order valence-electron chi connectivity index (χ3n) is 9.63. The minimum absolute atomic E-state index is 0.0289. The maximum absolute atomic E-state index is 12.4. The van der Waals surface area contributed by atoms with Crippen LogP contribution in [0.15, 0.2) is 0 Å². The van der Waals surface area contributed by atoms with E-state index in [2.05, 4.69) is 18.0 Å². The summed E-state index contributed by atoms with van der Waals surface area (Å²) in [6.45, 7) is 9.33. The van der Waals surface area contributed by atoms with Crippen molar-refractivity contribution in [2.75, 3.05) is 13.2 Å². The standard InChI is InChI=1S/C39H77NO5.C2H6O4S/c1-5-7-9-11-13-15-17-19-21-23-25-27-29-31-37(41)44-35(3)33-39(43,34-40)36(4)45-38(42)32-30-28-26-24-22-20-18-16-14-12-10-8-6-2;1-2-6-7(3,4)5/h35-36,43H,5-34,40H2,1-4H3;2H2,1H3,(H,3,4,5). The quantitative estimate of drug-likeness (QED) is 0.0318. The molecule has 0 aliphatic carbocycles. The van der Waals surface area contributed by atoms with E-state index in [-0.39, 0.29) is 31.5 Å². The Morgan fingerprint density at radius 3 is 1.15 bits per heavy atom. The van der Waals surface area contributed by atoms with E-state index in [0.717, 1.165) is 38.5 Å². The number of hydrogen-bond donors (Lipinski definition) is 3. The first-order valence-electron chi connectivity index (χ1n) is 21.3. The summed E-state index contributed by atoms with van der Waals surface area (Å²) >= 11 is 0. The molecule has 0 spiro atoms. The SMILES string of the molecule is CCCCCCCCCCCCCCCC(=O)OC(C)CC(O)(CN)C(C)OC(=O)CCCCCCCCCCCCCCC.CCOS(=O)(=O)O. The van der Waals surface area contributed by atoms with Gasteiger partial charge in [0, 0.05) is 25.8 Å². The van der Waals surface area contributed by atoms with E-state index in [1.165, 1.54) is 135 Å². The van der Waals surface area contributed by atoms with E-state index in [1.807, 2.05) is 0 Å². The molecule has 3 atom stereocenters. The van der Waals surface area contributed by atoms with Gasteiger partial charge in [0.1, 0.15) is 17.8 Å². The molecule has 0 radical (unpaired) electrons. The fourth-order valence-corrected chi connectivity index (χ4v) is 6.62.